The monoisotopic (exact) mass is 242 g/mol. The van der Waals surface area contributed by atoms with Crippen molar-refractivity contribution >= 4 is 10.1 Å². The third kappa shape index (κ3) is 4.03. The minimum atomic E-state index is -3.49. The molecule has 4 atom stereocenters. The molecule has 1 saturated carbocycles. The summed E-state index contributed by atoms with van der Waals surface area (Å²) >= 11 is 0. The predicted molar refractivity (Wildman–Crippen MR) is 52.5 cm³/mol. The molecular formula is C9H16F2O3S. The fourth-order valence-corrected chi connectivity index (χ4v) is 2.23. The molecule has 0 heterocycles. The topological polar surface area (TPSA) is 43.4 Å². The molecule has 0 aromatic rings. The van der Waals surface area contributed by atoms with Crippen LogP contribution in [-0.2, 0) is 14.3 Å². The highest BCUT2D eigenvalue weighted by Gasteiger charge is 2.35. The van der Waals surface area contributed by atoms with Crippen molar-refractivity contribution in [3.8, 4) is 0 Å². The van der Waals surface area contributed by atoms with Crippen molar-refractivity contribution in [1.82, 2.24) is 0 Å². The summed E-state index contributed by atoms with van der Waals surface area (Å²) in [7, 11) is -3.49. The maximum atomic E-state index is 13.0. The van der Waals surface area contributed by atoms with Crippen LogP contribution in [0.25, 0.3) is 0 Å². The zero-order chi connectivity index (χ0) is 11.6. The van der Waals surface area contributed by atoms with E-state index in [4.69, 9.17) is 0 Å². The maximum absolute atomic E-state index is 13.0. The second-order valence-electron chi connectivity index (χ2n) is 4.23. The van der Waals surface area contributed by atoms with E-state index in [1.165, 1.54) is 0 Å². The molecule has 0 aromatic heterocycles. The molecule has 0 saturated heterocycles. The van der Waals surface area contributed by atoms with Crippen molar-refractivity contribution in [3.63, 3.8) is 0 Å². The molecule has 0 amide bonds. The van der Waals surface area contributed by atoms with Crippen LogP contribution in [0.5, 0.6) is 0 Å². The van der Waals surface area contributed by atoms with E-state index in [2.05, 4.69) is 4.18 Å². The highest BCUT2D eigenvalue weighted by molar-refractivity contribution is 7.85. The van der Waals surface area contributed by atoms with Gasteiger partial charge in [-0.3, -0.25) is 4.18 Å². The van der Waals surface area contributed by atoms with E-state index < -0.39 is 22.5 Å². The van der Waals surface area contributed by atoms with E-state index in [-0.39, 0.29) is 31.3 Å². The molecule has 0 aromatic carbocycles. The van der Waals surface area contributed by atoms with E-state index in [0.717, 1.165) is 6.26 Å². The van der Waals surface area contributed by atoms with Gasteiger partial charge in [-0.15, -0.1) is 0 Å². The lowest BCUT2D eigenvalue weighted by Crippen LogP contribution is -2.35. The average Bonchev–Trinajstić information content (AvgIpc) is 2.07. The Morgan fingerprint density at radius 2 is 1.80 bits per heavy atom. The lowest BCUT2D eigenvalue weighted by Gasteiger charge is -2.32. The van der Waals surface area contributed by atoms with E-state index >= 15 is 0 Å². The molecule has 0 spiro atoms. The molecule has 0 radical (unpaired) electrons. The van der Waals surface area contributed by atoms with Gasteiger partial charge in [-0.1, -0.05) is 6.92 Å². The molecule has 1 aliphatic carbocycles. The summed E-state index contributed by atoms with van der Waals surface area (Å²) in [6, 6.07) is 0. The smallest absolute Gasteiger partial charge is 0.264 e. The molecule has 4 unspecified atom stereocenters. The number of alkyl halides is 2. The van der Waals surface area contributed by atoms with Crippen molar-refractivity contribution in [3.05, 3.63) is 0 Å². The van der Waals surface area contributed by atoms with Crippen LogP contribution in [0.15, 0.2) is 0 Å². The van der Waals surface area contributed by atoms with Gasteiger partial charge in [0.25, 0.3) is 10.1 Å². The number of rotatable bonds is 3. The van der Waals surface area contributed by atoms with Crippen LogP contribution < -0.4 is 0 Å². The lowest BCUT2D eigenvalue weighted by molar-refractivity contribution is 0.0380. The molecule has 15 heavy (non-hydrogen) atoms. The van der Waals surface area contributed by atoms with Crippen LogP contribution in [0.3, 0.4) is 0 Å². The summed E-state index contributed by atoms with van der Waals surface area (Å²) in [6.07, 6.45) is -1.79. The van der Waals surface area contributed by atoms with Crippen molar-refractivity contribution in [2.75, 3.05) is 12.9 Å². The minimum Gasteiger partial charge on any atom is -0.270 e. The summed E-state index contributed by atoms with van der Waals surface area (Å²) in [5.41, 5.74) is 0. The molecule has 1 fully saturated rings. The average molecular weight is 242 g/mol. The summed E-state index contributed by atoms with van der Waals surface area (Å²) < 4.78 is 52.1. The van der Waals surface area contributed by atoms with Gasteiger partial charge in [-0.25, -0.2) is 8.78 Å². The molecular weight excluding hydrogens is 226 g/mol. The van der Waals surface area contributed by atoms with E-state index in [1.807, 2.05) is 0 Å². The Hall–Kier alpha value is -0.230. The lowest BCUT2D eigenvalue weighted by atomic mass is 9.79. The van der Waals surface area contributed by atoms with Crippen LogP contribution in [0.2, 0.25) is 0 Å². The van der Waals surface area contributed by atoms with Gasteiger partial charge in [-0.05, 0) is 24.7 Å². The number of halogens is 2. The van der Waals surface area contributed by atoms with Crippen molar-refractivity contribution in [2.24, 2.45) is 11.8 Å². The number of hydrogen-bond donors (Lipinski definition) is 0. The summed E-state index contributed by atoms with van der Waals surface area (Å²) in [6.45, 7) is 1.74. The van der Waals surface area contributed by atoms with Gasteiger partial charge in [0.1, 0.15) is 12.3 Å². The van der Waals surface area contributed by atoms with Crippen LogP contribution in [0.1, 0.15) is 19.8 Å². The normalized spacial score (nSPS) is 37.9. The Morgan fingerprint density at radius 1 is 1.27 bits per heavy atom. The first-order valence-corrected chi connectivity index (χ1v) is 6.74. The fraction of sp³-hybridized carbons (Fsp3) is 1.00. The molecule has 0 aliphatic heterocycles. The van der Waals surface area contributed by atoms with Gasteiger partial charge in [-0.2, -0.15) is 8.42 Å². The molecule has 3 nitrogen and oxygen atoms in total. The summed E-state index contributed by atoms with van der Waals surface area (Å²) in [5, 5.41) is 0. The van der Waals surface area contributed by atoms with Crippen LogP contribution >= 0.6 is 0 Å². The van der Waals surface area contributed by atoms with Crippen molar-refractivity contribution in [1.29, 1.82) is 0 Å². The largest absolute Gasteiger partial charge is 0.270 e. The van der Waals surface area contributed by atoms with Gasteiger partial charge >= 0.3 is 0 Å². The van der Waals surface area contributed by atoms with Crippen molar-refractivity contribution in [2.45, 2.75) is 32.1 Å². The van der Waals surface area contributed by atoms with E-state index in [1.54, 1.807) is 6.92 Å². The Balaban J connectivity index is 2.48. The first-order chi connectivity index (χ1) is 6.79. The Morgan fingerprint density at radius 3 is 2.33 bits per heavy atom. The van der Waals surface area contributed by atoms with E-state index in [9.17, 15) is 17.2 Å². The van der Waals surface area contributed by atoms with Gasteiger partial charge in [0.05, 0.1) is 12.9 Å². The van der Waals surface area contributed by atoms with Gasteiger partial charge in [0.2, 0.25) is 0 Å². The second kappa shape index (κ2) is 4.74. The van der Waals surface area contributed by atoms with E-state index in [0.29, 0.717) is 0 Å². The highest BCUT2D eigenvalue weighted by Crippen LogP contribution is 2.33. The Bertz CT molecular complexity index is 304. The maximum Gasteiger partial charge on any atom is 0.264 e. The molecule has 0 N–H and O–H groups in total. The second-order valence-corrected chi connectivity index (χ2v) is 5.87. The van der Waals surface area contributed by atoms with Gasteiger partial charge in [0.15, 0.2) is 0 Å². The van der Waals surface area contributed by atoms with Gasteiger partial charge < -0.3 is 0 Å². The predicted octanol–water partition coefficient (Wildman–Crippen LogP) is 1.68. The molecule has 0 bridgehead atoms. The quantitative estimate of drug-likeness (QED) is 0.707. The Labute approximate surface area is 88.9 Å². The SMILES string of the molecule is CC1CC(F)C(F)CC1COS(C)(=O)=O. The third-order valence-corrected chi connectivity index (χ3v) is 3.38. The molecule has 1 rings (SSSR count). The number of hydrogen-bond acceptors (Lipinski definition) is 3. The third-order valence-electron chi connectivity index (χ3n) is 2.82. The van der Waals surface area contributed by atoms with Gasteiger partial charge in [0, 0.05) is 0 Å². The highest BCUT2D eigenvalue weighted by atomic mass is 32.2. The fourth-order valence-electron chi connectivity index (χ4n) is 1.81. The summed E-state index contributed by atoms with van der Waals surface area (Å²) in [5.74, 6) is -0.268. The molecule has 1 aliphatic rings. The zero-order valence-electron chi connectivity index (χ0n) is 8.82. The molecule has 6 heteroatoms. The first kappa shape index (κ1) is 12.8. The summed E-state index contributed by atoms with van der Waals surface area (Å²) in [4.78, 5) is 0. The Kier molecular flexibility index (Phi) is 4.06. The standard InChI is InChI=1S/C9H16F2O3S/c1-6-3-8(10)9(11)4-7(6)5-14-15(2,12)13/h6-9H,3-5H2,1-2H3. The van der Waals surface area contributed by atoms with Crippen LogP contribution in [0, 0.1) is 11.8 Å². The van der Waals surface area contributed by atoms with Crippen LogP contribution in [-0.4, -0.2) is 33.6 Å². The van der Waals surface area contributed by atoms with Crippen LogP contribution in [0.4, 0.5) is 8.78 Å². The first-order valence-electron chi connectivity index (χ1n) is 4.92. The minimum absolute atomic E-state index is 0.0395. The van der Waals surface area contributed by atoms with Crippen molar-refractivity contribution < 1.29 is 21.4 Å². The zero-order valence-corrected chi connectivity index (χ0v) is 9.64. The molecule has 90 valence electrons.